The summed E-state index contributed by atoms with van der Waals surface area (Å²) in [5.41, 5.74) is 11.7. The molecule has 128 valence electrons. The number of nitrogens with zero attached hydrogens (tertiary/aromatic N) is 3. The van der Waals surface area contributed by atoms with Crippen LogP contribution < -0.4 is 11.1 Å². The van der Waals surface area contributed by atoms with E-state index in [1.807, 2.05) is 29.1 Å². The Kier molecular flexibility index (Phi) is 5.14. The summed E-state index contributed by atoms with van der Waals surface area (Å²) in [6.07, 6.45) is 3.74. The molecule has 5 nitrogen and oxygen atoms in total. The number of hydrogen-bond acceptors (Lipinski definition) is 2. The van der Waals surface area contributed by atoms with Gasteiger partial charge in [-0.05, 0) is 54.3 Å². The van der Waals surface area contributed by atoms with Gasteiger partial charge in [-0.3, -0.25) is 4.68 Å². The van der Waals surface area contributed by atoms with E-state index in [0.29, 0.717) is 12.5 Å². The number of aliphatic imine (C=N–C) groups is 1. The highest BCUT2D eigenvalue weighted by molar-refractivity contribution is 5.92. The van der Waals surface area contributed by atoms with Crippen molar-refractivity contribution in [1.29, 1.82) is 0 Å². The van der Waals surface area contributed by atoms with Crippen LogP contribution in [0.25, 0.3) is 0 Å². The quantitative estimate of drug-likeness (QED) is 0.555. The monoisotopic (exact) mass is 333 g/mol. The second-order valence-corrected chi connectivity index (χ2v) is 6.18. The van der Waals surface area contributed by atoms with Crippen LogP contribution in [0.1, 0.15) is 22.3 Å². The lowest BCUT2D eigenvalue weighted by Crippen LogP contribution is -2.22. The van der Waals surface area contributed by atoms with Gasteiger partial charge in [0.05, 0.1) is 13.1 Å². The number of hydrogen-bond donors (Lipinski definition) is 2. The van der Waals surface area contributed by atoms with E-state index in [4.69, 9.17) is 5.73 Å². The maximum absolute atomic E-state index is 6.06. The van der Waals surface area contributed by atoms with Crippen LogP contribution in [0.5, 0.6) is 0 Å². The van der Waals surface area contributed by atoms with Crippen molar-refractivity contribution in [1.82, 2.24) is 9.78 Å². The molecule has 0 aliphatic rings. The van der Waals surface area contributed by atoms with E-state index in [2.05, 4.69) is 59.6 Å². The van der Waals surface area contributed by atoms with Gasteiger partial charge in [0.1, 0.15) is 0 Å². The largest absolute Gasteiger partial charge is 0.370 e. The predicted molar refractivity (Wildman–Crippen MR) is 103 cm³/mol. The van der Waals surface area contributed by atoms with Gasteiger partial charge >= 0.3 is 0 Å². The molecule has 0 unspecified atom stereocenters. The SMILES string of the molecule is Cc1cc(C)cc(NC(N)=NCc2ccccc2Cn2cccn2)c1. The Labute approximate surface area is 148 Å². The van der Waals surface area contributed by atoms with Crippen LogP contribution in [0.2, 0.25) is 0 Å². The molecule has 5 heteroatoms. The van der Waals surface area contributed by atoms with Gasteiger partial charge in [0, 0.05) is 18.1 Å². The number of guanidine groups is 1. The second kappa shape index (κ2) is 7.66. The Balaban J connectivity index is 1.70. The molecule has 3 aromatic rings. The third-order valence-corrected chi connectivity index (χ3v) is 3.92. The van der Waals surface area contributed by atoms with Gasteiger partial charge in [0.2, 0.25) is 0 Å². The lowest BCUT2D eigenvalue weighted by atomic mass is 10.1. The molecule has 1 aromatic heterocycles. The molecule has 0 radical (unpaired) electrons. The van der Waals surface area contributed by atoms with Crippen molar-refractivity contribution in [3.8, 4) is 0 Å². The van der Waals surface area contributed by atoms with Crippen LogP contribution in [0.4, 0.5) is 5.69 Å². The third-order valence-electron chi connectivity index (χ3n) is 3.92. The smallest absolute Gasteiger partial charge is 0.193 e. The molecule has 0 saturated heterocycles. The molecule has 0 bridgehead atoms. The zero-order valence-electron chi connectivity index (χ0n) is 14.6. The molecular weight excluding hydrogens is 310 g/mol. The highest BCUT2D eigenvalue weighted by atomic mass is 15.3. The maximum atomic E-state index is 6.06. The van der Waals surface area contributed by atoms with E-state index < -0.39 is 0 Å². The molecule has 0 atom stereocenters. The first-order valence-electron chi connectivity index (χ1n) is 8.29. The average molecular weight is 333 g/mol. The Bertz CT molecular complexity index is 845. The summed E-state index contributed by atoms with van der Waals surface area (Å²) in [5, 5.41) is 7.43. The molecule has 0 saturated carbocycles. The van der Waals surface area contributed by atoms with Crippen LogP contribution in [0.3, 0.4) is 0 Å². The standard InChI is InChI=1S/C20H23N5/c1-15-10-16(2)12-19(11-15)24-20(21)22-13-17-6-3-4-7-18(17)14-25-9-5-8-23-25/h3-12H,13-14H2,1-2H3,(H3,21,22,24). The molecule has 0 aliphatic heterocycles. The topological polar surface area (TPSA) is 68.2 Å². The summed E-state index contributed by atoms with van der Waals surface area (Å²) >= 11 is 0. The van der Waals surface area contributed by atoms with Crippen LogP contribution in [0, 0.1) is 13.8 Å². The van der Waals surface area contributed by atoms with Gasteiger partial charge in [-0.15, -0.1) is 0 Å². The van der Waals surface area contributed by atoms with Crippen molar-refractivity contribution in [3.63, 3.8) is 0 Å². The van der Waals surface area contributed by atoms with Crippen LogP contribution in [-0.4, -0.2) is 15.7 Å². The first-order valence-corrected chi connectivity index (χ1v) is 8.29. The Morgan fingerprint density at radius 2 is 1.80 bits per heavy atom. The number of aryl methyl sites for hydroxylation is 2. The van der Waals surface area contributed by atoms with Crippen molar-refractivity contribution in [3.05, 3.63) is 83.2 Å². The molecule has 3 N–H and O–H groups in total. The Hall–Kier alpha value is -3.08. The summed E-state index contributed by atoms with van der Waals surface area (Å²) in [7, 11) is 0. The number of anilines is 1. The molecule has 0 aliphatic carbocycles. The number of aromatic nitrogens is 2. The zero-order valence-corrected chi connectivity index (χ0v) is 14.6. The van der Waals surface area contributed by atoms with Crippen molar-refractivity contribution in [2.24, 2.45) is 10.7 Å². The second-order valence-electron chi connectivity index (χ2n) is 6.18. The summed E-state index contributed by atoms with van der Waals surface area (Å²) in [6.45, 7) is 5.39. The van der Waals surface area contributed by atoms with E-state index >= 15 is 0 Å². The molecule has 0 amide bonds. The highest BCUT2D eigenvalue weighted by Crippen LogP contribution is 2.14. The molecule has 2 aromatic carbocycles. The van der Waals surface area contributed by atoms with Crippen LogP contribution in [0.15, 0.2) is 65.9 Å². The van der Waals surface area contributed by atoms with Crippen molar-refractivity contribution in [2.45, 2.75) is 26.9 Å². The van der Waals surface area contributed by atoms with Gasteiger partial charge in [0.15, 0.2) is 5.96 Å². The molecular formula is C20H23N5. The fraction of sp³-hybridized carbons (Fsp3) is 0.200. The fourth-order valence-corrected chi connectivity index (χ4v) is 2.84. The summed E-state index contributed by atoms with van der Waals surface area (Å²) in [4.78, 5) is 4.49. The van der Waals surface area contributed by atoms with Crippen LogP contribution >= 0.6 is 0 Å². The predicted octanol–water partition coefficient (Wildman–Crippen LogP) is 3.48. The normalized spacial score (nSPS) is 11.5. The minimum atomic E-state index is 0.416. The molecule has 25 heavy (non-hydrogen) atoms. The van der Waals surface area contributed by atoms with E-state index in [9.17, 15) is 0 Å². The summed E-state index contributed by atoms with van der Waals surface area (Å²) < 4.78 is 1.90. The van der Waals surface area contributed by atoms with Gasteiger partial charge in [-0.1, -0.05) is 30.3 Å². The third kappa shape index (κ3) is 4.70. The van der Waals surface area contributed by atoms with E-state index in [1.165, 1.54) is 16.7 Å². The first kappa shape index (κ1) is 16.8. The number of benzene rings is 2. The molecule has 1 heterocycles. The Morgan fingerprint density at radius 3 is 2.48 bits per heavy atom. The van der Waals surface area contributed by atoms with E-state index in [1.54, 1.807) is 6.20 Å². The van der Waals surface area contributed by atoms with E-state index in [-0.39, 0.29) is 0 Å². The first-order chi connectivity index (χ1) is 12.1. The van der Waals surface area contributed by atoms with Crippen molar-refractivity contribution >= 4 is 11.6 Å². The summed E-state index contributed by atoms with van der Waals surface area (Å²) in [6, 6.07) is 16.4. The van der Waals surface area contributed by atoms with Gasteiger partial charge in [0.25, 0.3) is 0 Å². The van der Waals surface area contributed by atoms with Gasteiger partial charge < -0.3 is 11.1 Å². The number of nitrogens with one attached hydrogen (secondary N) is 1. The lowest BCUT2D eigenvalue weighted by Gasteiger charge is -2.10. The average Bonchev–Trinajstić information content (AvgIpc) is 3.06. The summed E-state index contributed by atoms with van der Waals surface area (Å²) in [5.74, 6) is 0.416. The Morgan fingerprint density at radius 1 is 1.08 bits per heavy atom. The number of rotatable bonds is 5. The minimum Gasteiger partial charge on any atom is -0.370 e. The van der Waals surface area contributed by atoms with Gasteiger partial charge in [-0.25, -0.2) is 4.99 Å². The minimum absolute atomic E-state index is 0.416. The zero-order chi connectivity index (χ0) is 17.6. The van der Waals surface area contributed by atoms with Crippen molar-refractivity contribution in [2.75, 3.05) is 5.32 Å². The van der Waals surface area contributed by atoms with Crippen molar-refractivity contribution < 1.29 is 0 Å². The number of nitrogens with two attached hydrogens (primary N) is 1. The maximum Gasteiger partial charge on any atom is 0.193 e. The fourth-order valence-electron chi connectivity index (χ4n) is 2.84. The highest BCUT2D eigenvalue weighted by Gasteiger charge is 2.03. The van der Waals surface area contributed by atoms with Gasteiger partial charge in [-0.2, -0.15) is 5.10 Å². The lowest BCUT2D eigenvalue weighted by molar-refractivity contribution is 0.681. The molecule has 0 spiro atoms. The molecule has 3 rings (SSSR count). The molecule has 0 fully saturated rings. The van der Waals surface area contributed by atoms with E-state index in [0.717, 1.165) is 17.8 Å². The van der Waals surface area contributed by atoms with Crippen LogP contribution in [-0.2, 0) is 13.1 Å².